The van der Waals surface area contributed by atoms with E-state index in [1.165, 1.54) is 32.2 Å². The molecule has 1 aliphatic carbocycles. The molecule has 0 amide bonds. The number of hydrogen-bond acceptors (Lipinski definition) is 5. The summed E-state index contributed by atoms with van der Waals surface area (Å²) in [6, 6.07) is 1.39. The lowest BCUT2D eigenvalue weighted by Gasteiger charge is -2.24. The van der Waals surface area contributed by atoms with Crippen LogP contribution in [0.25, 0.3) is 0 Å². The molecule has 1 saturated heterocycles. The molecule has 1 aromatic heterocycles. The van der Waals surface area contributed by atoms with Crippen molar-refractivity contribution in [3.8, 4) is 0 Å². The van der Waals surface area contributed by atoms with Crippen molar-refractivity contribution in [2.45, 2.75) is 44.7 Å². The number of nitrogens with zero attached hydrogens (tertiary/aromatic N) is 3. The van der Waals surface area contributed by atoms with Gasteiger partial charge in [-0.05, 0) is 39.2 Å². The summed E-state index contributed by atoms with van der Waals surface area (Å²) in [6.07, 6.45) is 5.27. The van der Waals surface area contributed by atoms with Gasteiger partial charge in [-0.2, -0.15) is 4.37 Å². The van der Waals surface area contributed by atoms with E-state index in [0.717, 1.165) is 23.5 Å². The molecule has 1 N–H and O–H groups in total. The van der Waals surface area contributed by atoms with Crippen LogP contribution in [0.1, 0.15) is 31.5 Å². The molecular weight excluding hydrogens is 220 g/mol. The second-order valence-electron chi connectivity index (χ2n) is 4.80. The highest BCUT2D eigenvalue weighted by Gasteiger charge is 2.33. The highest BCUT2D eigenvalue weighted by molar-refractivity contribution is 7.09. The third-order valence-corrected chi connectivity index (χ3v) is 4.17. The smallest absolute Gasteiger partial charge is 0.205 e. The van der Waals surface area contributed by atoms with E-state index in [2.05, 4.69) is 19.6 Å². The highest BCUT2D eigenvalue weighted by atomic mass is 32.1. The molecule has 0 radical (unpaired) electrons. The first-order chi connectivity index (χ1) is 7.83. The molecule has 16 heavy (non-hydrogen) atoms. The maximum absolute atomic E-state index is 4.52. The van der Waals surface area contributed by atoms with Crippen molar-refractivity contribution in [3.63, 3.8) is 0 Å². The van der Waals surface area contributed by atoms with Gasteiger partial charge in [0.1, 0.15) is 5.82 Å². The lowest BCUT2D eigenvalue weighted by molar-refractivity contribution is 0.578. The van der Waals surface area contributed by atoms with Crippen molar-refractivity contribution < 1.29 is 0 Å². The van der Waals surface area contributed by atoms with Crippen molar-refractivity contribution in [1.29, 1.82) is 0 Å². The zero-order chi connectivity index (χ0) is 11.0. The molecule has 88 valence electrons. The van der Waals surface area contributed by atoms with Gasteiger partial charge in [-0.1, -0.05) is 0 Å². The lowest BCUT2D eigenvalue weighted by Crippen LogP contribution is -2.38. The van der Waals surface area contributed by atoms with Crippen molar-refractivity contribution >= 4 is 16.7 Å². The first-order valence-corrected chi connectivity index (χ1v) is 6.90. The number of aryl methyl sites for hydroxylation is 1. The standard InChI is InChI=1S/C11H18N4S/c1-8-13-11(16-14-8)15(10-4-5-10)7-9-3-2-6-12-9/h9-10,12H,2-7H2,1H3. The minimum absolute atomic E-state index is 0.657. The zero-order valence-corrected chi connectivity index (χ0v) is 10.5. The maximum Gasteiger partial charge on any atom is 0.205 e. The van der Waals surface area contributed by atoms with E-state index < -0.39 is 0 Å². The van der Waals surface area contributed by atoms with Crippen molar-refractivity contribution in [2.75, 3.05) is 18.0 Å². The van der Waals surface area contributed by atoms with Crippen LogP contribution in [0.3, 0.4) is 0 Å². The molecule has 2 heterocycles. The third kappa shape index (κ3) is 2.20. The van der Waals surface area contributed by atoms with Gasteiger partial charge in [-0.15, -0.1) is 0 Å². The minimum atomic E-state index is 0.657. The van der Waals surface area contributed by atoms with Crippen LogP contribution in [0.15, 0.2) is 0 Å². The Hall–Kier alpha value is -0.680. The van der Waals surface area contributed by atoms with Gasteiger partial charge in [0.25, 0.3) is 0 Å². The fourth-order valence-electron chi connectivity index (χ4n) is 2.32. The molecule has 2 fully saturated rings. The van der Waals surface area contributed by atoms with Crippen LogP contribution in [0, 0.1) is 6.92 Å². The Labute approximate surface area is 100 Å². The van der Waals surface area contributed by atoms with Crippen molar-refractivity contribution in [2.24, 2.45) is 0 Å². The van der Waals surface area contributed by atoms with Crippen molar-refractivity contribution in [3.05, 3.63) is 5.82 Å². The summed E-state index contributed by atoms with van der Waals surface area (Å²) in [5.74, 6) is 0.907. The van der Waals surface area contributed by atoms with Crippen LogP contribution in [0.5, 0.6) is 0 Å². The van der Waals surface area contributed by atoms with E-state index in [0.29, 0.717) is 6.04 Å². The Morgan fingerprint density at radius 3 is 2.88 bits per heavy atom. The Bertz CT molecular complexity index is 355. The number of anilines is 1. The summed E-state index contributed by atoms with van der Waals surface area (Å²) in [5, 5.41) is 4.68. The molecule has 2 aliphatic rings. The summed E-state index contributed by atoms with van der Waals surface area (Å²) in [6.45, 7) is 4.26. The molecule has 1 aromatic rings. The van der Waals surface area contributed by atoms with E-state index in [9.17, 15) is 0 Å². The topological polar surface area (TPSA) is 41.1 Å². The number of hydrogen-bond donors (Lipinski definition) is 1. The Morgan fingerprint density at radius 2 is 2.31 bits per heavy atom. The summed E-state index contributed by atoms with van der Waals surface area (Å²) in [5.41, 5.74) is 0. The SMILES string of the molecule is Cc1nsc(N(CC2CCCN2)C2CC2)n1. The second kappa shape index (κ2) is 4.30. The van der Waals surface area contributed by atoms with Gasteiger partial charge in [0.15, 0.2) is 0 Å². The first-order valence-electron chi connectivity index (χ1n) is 6.13. The fraction of sp³-hybridized carbons (Fsp3) is 0.818. The normalized spacial score (nSPS) is 24.9. The van der Waals surface area contributed by atoms with E-state index >= 15 is 0 Å². The van der Waals surface area contributed by atoms with Crippen LogP contribution in [-0.2, 0) is 0 Å². The van der Waals surface area contributed by atoms with Crippen molar-refractivity contribution in [1.82, 2.24) is 14.7 Å². The molecule has 4 nitrogen and oxygen atoms in total. The number of nitrogens with one attached hydrogen (secondary N) is 1. The summed E-state index contributed by atoms with van der Waals surface area (Å²) >= 11 is 1.55. The van der Waals surface area contributed by atoms with Gasteiger partial charge in [0, 0.05) is 30.2 Å². The largest absolute Gasteiger partial charge is 0.342 e. The van der Waals surface area contributed by atoms with E-state index in [-0.39, 0.29) is 0 Å². The zero-order valence-electron chi connectivity index (χ0n) is 9.65. The van der Waals surface area contributed by atoms with Crippen LogP contribution < -0.4 is 10.2 Å². The molecule has 0 spiro atoms. The van der Waals surface area contributed by atoms with Gasteiger partial charge in [-0.25, -0.2) is 4.98 Å². The number of rotatable bonds is 4. The molecule has 3 rings (SSSR count). The quantitative estimate of drug-likeness (QED) is 0.864. The summed E-state index contributed by atoms with van der Waals surface area (Å²) in [7, 11) is 0. The fourth-order valence-corrected chi connectivity index (χ4v) is 3.08. The van der Waals surface area contributed by atoms with Crippen LogP contribution in [0.2, 0.25) is 0 Å². The predicted octanol–water partition coefficient (Wildman–Crippen LogP) is 1.57. The number of aromatic nitrogens is 2. The Kier molecular flexibility index (Phi) is 2.81. The van der Waals surface area contributed by atoms with E-state index in [4.69, 9.17) is 0 Å². The molecule has 5 heteroatoms. The molecule has 1 aliphatic heterocycles. The van der Waals surface area contributed by atoms with Gasteiger partial charge >= 0.3 is 0 Å². The van der Waals surface area contributed by atoms with E-state index in [1.54, 1.807) is 11.5 Å². The molecule has 1 unspecified atom stereocenters. The molecular formula is C11H18N4S. The van der Waals surface area contributed by atoms with Gasteiger partial charge in [-0.3, -0.25) is 0 Å². The predicted molar refractivity (Wildman–Crippen MR) is 66.0 cm³/mol. The average Bonchev–Trinajstić information content (AvgIpc) is 2.81. The summed E-state index contributed by atoms with van der Waals surface area (Å²) in [4.78, 5) is 6.99. The highest BCUT2D eigenvalue weighted by Crippen LogP contribution is 2.33. The Morgan fingerprint density at radius 1 is 1.44 bits per heavy atom. The molecule has 0 aromatic carbocycles. The van der Waals surface area contributed by atoms with E-state index in [1.807, 2.05) is 6.92 Å². The van der Waals surface area contributed by atoms with Crippen LogP contribution >= 0.6 is 11.5 Å². The molecule has 0 bridgehead atoms. The first kappa shape index (κ1) is 10.5. The Balaban J connectivity index is 1.70. The average molecular weight is 238 g/mol. The second-order valence-corrected chi connectivity index (χ2v) is 5.53. The minimum Gasteiger partial charge on any atom is -0.342 e. The van der Waals surface area contributed by atoms with Gasteiger partial charge in [0.2, 0.25) is 5.13 Å². The third-order valence-electron chi connectivity index (χ3n) is 3.33. The van der Waals surface area contributed by atoms with Crippen LogP contribution in [0.4, 0.5) is 5.13 Å². The summed E-state index contributed by atoms with van der Waals surface area (Å²) < 4.78 is 4.29. The molecule has 1 saturated carbocycles. The van der Waals surface area contributed by atoms with Crippen LogP contribution in [-0.4, -0.2) is 34.5 Å². The monoisotopic (exact) mass is 238 g/mol. The maximum atomic E-state index is 4.52. The van der Waals surface area contributed by atoms with Gasteiger partial charge in [0.05, 0.1) is 0 Å². The molecule has 1 atom stereocenters. The van der Waals surface area contributed by atoms with Gasteiger partial charge < -0.3 is 10.2 Å². The lowest BCUT2D eigenvalue weighted by atomic mass is 10.2.